The number of rotatable bonds is 6. The number of aryl methyl sites for hydroxylation is 2. The van der Waals surface area contributed by atoms with E-state index in [0.29, 0.717) is 41.0 Å². The summed E-state index contributed by atoms with van der Waals surface area (Å²) in [5.74, 6) is 1.92. The number of carbonyl (C=O) groups is 1. The second-order valence-corrected chi connectivity index (χ2v) is 8.48. The number of nitrogens with zero attached hydrogens (tertiary/aromatic N) is 6. The van der Waals surface area contributed by atoms with Crippen molar-refractivity contribution in [1.82, 2.24) is 30.0 Å². The highest BCUT2D eigenvalue weighted by atomic mass is 16.5. The van der Waals surface area contributed by atoms with E-state index in [1.165, 1.54) is 4.80 Å². The van der Waals surface area contributed by atoms with Crippen LogP contribution in [0.5, 0.6) is 11.5 Å². The Hall–Kier alpha value is -4.21. The maximum absolute atomic E-state index is 13.8. The van der Waals surface area contributed by atoms with Gasteiger partial charge in [0.25, 0.3) is 11.8 Å². The molecule has 2 aromatic carbocycles. The predicted molar refractivity (Wildman–Crippen MR) is 127 cm³/mol. The Bertz CT molecular complexity index is 1360. The van der Waals surface area contributed by atoms with Gasteiger partial charge in [-0.3, -0.25) is 4.79 Å². The molecule has 5 rings (SSSR count). The van der Waals surface area contributed by atoms with Crippen LogP contribution in [0.3, 0.4) is 0 Å². The topological polar surface area (TPSA) is 108 Å². The standard InChI is InChI=1S/C25H26N6O4/c1-15-7-8-21(33-3)18(12-15)24-28-23(29-35-24)19-6-5-11-30(19)25(32)17-14-22(34-4)16(2)13-20(17)31-26-9-10-27-31/h7-10,12-14,19H,5-6,11H2,1-4H3. The van der Waals surface area contributed by atoms with Gasteiger partial charge in [-0.15, -0.1) is 0 Å². The fraction of sp³-hybridized carbons (Fsp3) is 0.320. The molecule has 1 aliphatic rings. The number of carbonyl (C=O) groups excluding carboxylic acids is 1. The molecule has 2 aromatic heterocycles. The van der Waals surface area contributed by atoms with E-state index in [1.54, 1.807) is 37.6 Å². The molecule has 1 unspecified atom stereocenters. The quantitative estimate of drug-likeness (QED) is 0.414. The second kappa shape index (κ2) is 9.21. The molecule has 35 heavy (non-hydrogen) atoms. The summed E-state index contributed by atoms with van der Waals surface area (Å²) in [5.41, 5.74) is 3.68. The Balaban J connectivity index is 1.50. The van der Waals surface area contributed by atoms with Gasteiger partial charge >= 0.3 is 0 Å². The molecule has 10 heteroatoms. The minimum atomic E-state index is -0.318. The van der Waals surface area contributed by atoms with Crippen LogP contribution in [0.15, 0.2) is 47.2 Å². The van der Waals surface area contributed by atoms with Crippen LogP contribution in [0.25, 0.3) is 17.1 Å². The van der Waals surface area contributed by atoms with Gasteiger partial charge in [-0.25, -0.2) is 0 Å². The molecule has 1 saturated heterocycles. The first-order valence-electron chi connectivity index (χ1n) is 11.3. The van der Waals surface area contributed by atoms with E-state index in [-0.39, 0.29) is 11.9 Å². The van der Waals surface area contributed by atoms with Gasteiger partial charge in [0.05, 0.1) is 49.5 Å². The first-order valence-corrected chi connectivity index (χ1v) is 11.3. The number of hydrogen-bond donors (Lipinski definition) is 0. The Labute approximate surface area is 202 Å². The number of hydrogen-bond acceptors (Lipinski definition) is 8. The van der Waals surface area contributed by atoms with Gasteiger partial charge < -0.3 is 18.9 Å². The van der Waals surface area contributed by atoms with Crippen LogP contribution >= 0.6 is 0 Å². The number of amides is 1. The normalized spacial score (nSPS) is 15.4. The fourth-order valence-electron chi connectivity index (χ4n) is 4.47. The highest BCUT2D eigenvalue weighted by Crippen LogP contribution is 2.36. The lowest BCUT2D eigenvalue weighted by molar-refractivity contribution is 0.0727. The van der Waals surface area contributed by atoms with E-state index in [1.807, 2.05) is 38.1 Å². The summed E-state index contributed by atoms with van der Waals surface area (Å²) in [6.45, 7) is 4.47. The maximum Gasteiger partial charge on any atom is 0.261 e. The lowest BCUT2D eigenvalue weighted by atomic mass is 10.1. The van der Waals surface area contributed by atoms with E-state index < -0.39 is 0 Å². The Morgan fingerprint density at radius 2 is 1.83 bits per heavy atom. The van der Waals surface area contributed by atoms with Crippen LogP contribution in [0.2, 0.25) is 0 Å². The van der Waals surface area contributed by atoms with Gasteiger partial charge in [0.1, 0.15) is 11.5 Å². The molecule has 0 aliphatic carbocycles. The van der Waals surface area contributed by atoms with Crippen LogP contribution < -0.4 is 9.47 Å². The lowest BCUT2D eigenvalue weighted by Crippen LogP contribution is -2.32. The average molecular weight is 475 g/mol. The summed E-state index contributed by atoms with van der Waals surface area (Å²) < 4.78 is 16.6. The molecule has 1 aliphatic heterocycles. The van der Waals surface area contributed by atoms with Crippen molar-refractivity contribution >= 4 is 5.91 Å². The van der Waals surface area contributed by atoms with Crippen molar-refractivity contribution in [2.24, 2.45) is 0 Å². The predicted octanol–water partition coefficient (Wildman–Crippen LogP) is 3.93. The molecule has 1 fully saturated rings. The van der Waals surface area contributed by atoms with Crippen molar-refractivity contribution in [2.75, 3.05) is 20.8 Å². The Morgan fingerprint density at radius 1 is 1.06 bits per heavy atom. The van der Waals surface area contributed by atoms with Crippen molar-refractivity contribution in [3.8, 4) is 28.6 Å². The van der Waals surface area contributed by atoms with Crippen molar-refractivity contribution in [3.05, 3.63) is 65.2 Å². The number of methoxy groups -OCH3 is 2. The molecule has 10 nitrogen and oxygen atoms in total. The molecule has 180 valence electrons. The van der Waals surface area contributed by atoms with Crippen LogP contribution in [0.1, 0.15) is 46.2 Å². The molecular weight excluding hydrogens is 448 g/mol. The van der Waals surface area contributed by atoms with Gasteiger partial charge in [0.15, 0.2) is 5.82 Å². The first kappa shape index (κ1) is 22.6. The molecule has 0 radical (unpaired) electrons. The second-order valence-electron chi connectivity index (χ2n) is 8.48. The number of benzene rings is 2. The molecular formula is C25H26N6O4. The molecule has 0 spiro atoms. The average Bonchev–Trinajstić information content (AvgIpc) is 3.64. The lowest BCUT2D eigenvalue weighted by Gasteiger charge is -2.24. The van der Waals surface area contributed by atoms with E-state index in [9.17, 15) is 4.79 Å². The first-order chi connectivity index (χ1) is 17.0. The van der Waals surface area contributed by atoms with Gasteiger partial charge in [-0.2, -0.15) is 20.0 Å². The zero-order chi connectivity index (χ0) is 24.5. The Kier molecular flexibility index (Phi) is 5.94. The summed E-state index contributed by atoms with van der Waals surface area (Å²) in [6.07, 6.45) is 4.71. The van der Waals surface area contributed by atoms with Crippen LogP contribution in [-0.2, 0) is 0 Å². The molecule has 0 N–H and O–H groups in total. The highest BCUT2D eigenvalue weighted by molar-refractivity contribution is 5.98. The van der Waals surface area contributed by atoms with E-state index >= 15 is 0 Å². The molecule has 4 aromatic rings. The molecule has 1 atom stereocenters. The SMILES string of the molecule is COc1cc(C(=O)N2CCCC2c2noc(-c3cc(C)ccc3OC)n2)c(-n2nccn2)cc1C. The summed E-state index contributed by atoms with van der Waals surface area (Å²) in [5, 5.41) is 12.7. The van der Waals surface area contributed by atoms with Crippen LogP contribution in [0, 0.1) is 13.8 Å². The third kappa shape index (κ3) is 4.11. The van der Waals surface area contributed by atoms with E-state index in [2.05, 4.69) is 20.3 Å². The van der Waals surface area contributed by atoms with E-state index in [0.717, 1.165) is 29.5 Å². The van der Waals surface area contributed by atoms with E-state index in [4.69, 9.17) is 14.0 Å². The summed E-state index contributed by atoms with van der Waals surface area (Å²) >= 11 is 0. The largest absolute Gasteiger partial charge is 0.496 e. The zero-order valence-electron chi connectivity index (χ0n) is 20.1. The number of aromatic nitrogens is 5. The third-order valence-corrected chi connectivity index (χ3v) is 6.22. The van der Waals surface area contributed by atoms with Crippen LogP contribution in [-0.4, -0.2) is 56.7 Å². The minimum Gasteiger partial charge on any atom is -0.496 e. The zero-order valence-corrected chi connectivity index (χ0v) is 20.1. The van der Waals surface area contributed by atoms with Crippen LogP contribution in [0.4, 0.5) is 0 Å². The van der Waals surface area contributed by atoms with Gasteiger partial charge in [0.2, 0.25) is 0 Å². The minimum absolute atomic E-state index is 0.169. The van der Waals surface area contributed by atoms with Crippen molar-refractivity contribution in [3.63, 3.8) is 0 Å². The monoisotopic (exact) mass is 474 g/mol. The third-order valence-electron chi connectivity index (χ3n) is 6.22. The molecule has 3 heterocycles. The molecule has 1 amide bonds. The summed E-state index contributed by atoms with van der Waals surface area (Å²) in [4.78, 5) is 21.7. The highest BCUT2D eigenvalue weighted by Gasteiger charge is 2.35. The smallest absolute Gasteiger partial charge is 0.261 e. The maximum atomic E-state index is 13.8. The summed E-state index contributed by atoms with van der Waals surface area (Å²) in [7, 11) is 3.19. The molecule has 0 bridgehead atoms. The number of ether oxygens (including phenoxy) is 2. The number of likely N-dealkylation sites (tertiary alicyclic amines) is 1. The van der Waals surface area contributed by atoms with Crippen molar-refractivity contribution < 1.29 is 18.8 Å². The van der Waals surface area contributed by atoms with Gasteiger partial charge in [-0.05, 0) is 56.5 Å². The molecule has 0 saturated carbocycles. The van der Waals surface area contributed by atoms with Crippen molar-refractivity contribution in [1.29, 1.82) is 0 Å². The van der Waals surface area contributed by atoms with Gasteiger partial charge in [-0.1, -0.05) is 16.8 Å². The van der Waals surface area contributed by atoms with Gasteiger partial charge in [0, 0.05) is 6.54 Å². The summed E-state index contributed by atoms with van der Waals surface area (Å²) in [6, 6.07) is 9.05. The van der Waals surface area contributed by atoms with Crippen molar-refractivity contribution in [2.45, 2.75) is 32.7 Å². The fourth-order valence-corrected chi connectivity index (χ4v) is 4.47. The Morgan fingerprint density at radius 3 is 2.57 bits per heavy atom.